The van der Waals surface area contributed by atoms with Crippen LogP contribution in [0, 0.1) is 6.92 Å². The fourth-order valence-corrected chi connectivity index (χ4v) is 2.63. The molecule has 1 amide bonds. The third kappa shape index (κ3) is 5.14. The highest BCUT2D eigenvalue weighted by atomic mass is 16.5. The number of hydrogen-bond acceptors (Lipinski definition) is 4. The van der Waals surface area contributed by atoms with Crippen molar-refractivity contribution in [3.63, 3.8) is 0 Å². The summed E-state index contributed by atoms with van der Waals surface area (Å²) >= 11 is 0. The molecule has 0 radical (unpaired) electrons. The Hall–Kier alpha value is -2.69. The van der Waals surface area contributed by atoms with Crippen molar-refractivity contribution in [2.24, 2.45) is 0 Å². The molecule has 0 aliphatic carbocycles. The van der Waals surface area contributed by atoms with Gasteiger partial charge in [0.1, 0.15) is 5.75 Å². The fourth-order valence-electron chi connectivity index (χ4n) is 2.63. The van der Waals surface area contributed by atoms with Crippen molar-refractivity contribution in [1.29, 1.82) is 0 Å². The summed E-state index contributed by atoms with van der Waals surface area (Å²) in [6.45, 7) is 2.50. The highest BCUT2D eigenvalue weighted by molar-refractivity contribution is 5.76. The first-order valence-electron chi connectivity index (χ1n) is 8.18. The lowest BCUT2D eigenvalue weighted by molar-refractivity contribution is -0.121. The van der Waals surface area contributed by atoms with Gasteiger partial charge in [0.25, 0.3) is 0 Å². The normalized spacial score (nSPS) is 10.2. The van der Waals surface area contributed by atoms with Crippen LogP contribution in [0.2, 0.25) is 0 Å². The van der Waals surface area contributed by atoms with Crippen molar-refractivity contribution >= 4 is 5.91 Å². The van der Waals surface area contributed by atoms with Gasteiger partial charge in [0.05, 0.1) is 21.3 Å². The van der Waals surface area contributed by atoms with Crippen molar-refractivity contribution in [3.8, 4) is 17.2 Å². The maximum Gasteiger partial charge on any atom is 0.220 e. The van der Waals surface area contributed by atoms with Crippen LogP contribution in [-0.2, 0) is 17.8 Å². The second kappa shape index (κ2) is 8.97. The van der Waals surface area contributed by atoms with Crippen molar-refractivity contribution in [2.45, 2.75) is 26.3 Å². The van der Waals surface area contributed by atoms with Crippen molar-refractivity contribution in [2.75, 3.05) is 21.3 Å². The van der Waals surface area contributed by atoms with E-state index in [1.165, 1.54) is 0 Å². The molecular formula is C20H25NO4. The van der Waals surface area contributed by atoms with E-state index in [0.717, 1.165) is 22.4 Å². The molecule has 0 aliphatic heterocycles. The van der Waals surface area contributed by atoms with E-state index in [1.807, 2.05) is 43.3 Å². The van der Waals surface area contributed by atoms with Crippen LogP contribution in [-0.4, -0.2) is 27.2 Å². The van der Waals surface area contributed by atoms with Crippen LogP contribution in [0.3, 0.4) is 0 Å². The third-order valence-corrected chi connectivity index (χ3v) is 4.04. The molecule has 2 aromatic carbocycles. The number of ether oxygens (including phenoxy) is 3. The molecule has 0 aliphatic rings. The molecular weight excluding hydrogens is 318 g/mol. The zero-order chi connectivity index (χ0) is 18.2. The first-order valence-corrected chi connectivity index (χ1v) is 8.18. The van der Waals surface area contributed by atoms with E-state index < -0.39 is 0 Å². The molecule has 1 N–H and O–H groups in total. The van der Waals surface area contributed by atoms with Crippen molar-refractivity contribution in [1.82, 2.24) is 5.32 Å². The molecule has 0 heterocycles. The third-order valence-electron chi connectivity index (χ3n) is 4.04. The Morgan fingerprint density at radius 3 is 2.16 bits per heavy atom. The van der Waals surface area contributed by atoms with Gasteiger partial charge in [-0.05, 0) is 48.2 Å². The van der Waals surface area contributed by atoms with E-state index in [0.29, 0.717) is 30.9 Å². The molecule has 0 saturated carbocycles. The van der Waals surface area contributed by atoms with E-state index >= 15 is 0 Å². The van der Waals surface area contributed by atoms with Gasteiger partial charge in [0.15, 0.2) is 11.5 Å². The van der Waals surface area contributed by atoms with Crippen LogP contribution < -0.4 is 19.5 Å². The number of amides is 1. The van der Waals surface area contributed by atoms with Gasteiger partial charge >= 0.3 is 0 Å². The highest BCUT2D eigenvalue weighted by Gasteiger charge is 2.07. The van der Waals surface area contributed by atoms with Gasteiger partial charge in [0.2, 0.25) is 5.91 Å². The Kier molecular flexibility index (Phi) is 6.69. The molecule has 0 aromatic heterocycles. The predicted molar refractivity (Wildman–Crippen MR) is 97.4 cm³/mol. The maximum atomic E-state index is 12.1. The van der Waals surface area contributed by atoms with E-state index in [-0.39, 0.29) is 5.91 Å². The number of carbonyl (C=O) groups is 1. The molecule has 134 valence electrons. The summed E-state index contributed by atoms with van der Waals surface area (Å²) in [7, 11) is 4.86. The minimum absolute atomic E-state index is 0.0169. The van der Waals surface area contributed by atoms with Gasteiger partial charge < -0.3 is 19.5 Å². The molecule has 2 rings (SSSR count). The van der Waals surface area contributed by atoms with E-state index in [2.05, 4.69) is 5.32 Å². The molecule has 0 atom stereocenters. The summed E-state index contributed by atoms with van der Waals surface area (Å²) in [5, 5.41) is 2.95. The van der Waals surface area contributed by atoms with Gasteiger partial charge in [-0.2, -0.15) is 0 Å². The molecule has 0 unspecified atom stereocenters. The average Bonchev–Trinajstić information content (AvgIpc) is 2.64. The lowest BCUT2D eigenvalue weighted by Gasteiger charge is -2.10. The summed E-state index contributed by atoms with van der Waals surface area (Å²) in [4.78, 5) is 12.1. The maximum absolute atomic E-state index is 12.1. The summed E-state index contributed by atoms with van der Waals surface area (Å²) in [6, 6.07) is 11.6. The van der Waals surface area contributed by atoms with E-state index in [4.69, 9.17) is 14.2 Å². The zero-order valence-corrected chi connectivity index (χ0v) is 15.2. The summed E-state index contributed by atoms with van der Waals surface area (Å²) in [5.74, 6) is 2.23. The number of aryl methyl sites for hydroxylation is 2. The molecule has 5 heteroatoms. The van der Waals surface area contributed by atoms with Crippen LogP contribution in [0.1, 0.15) is 23.1 Å². The quantitative estimate of drug-likeness (QED) is 0.799. The first-order chi connectivity index (χ1) is 12.1. The summed E-state index contributed by atoms with van der Waals surface area (Å²) < 4.78 is 15.7. The van der Waals surface area contributed by atoms with Crippen LogP contribution in [0.25, 0.3) is 0 Å². The average molecular weight is 343 g/mol. The van der Waals surface area contributed by atoms with Crippen LogP contribution in [0.15, 0.2) is 36.4 Å². The SMILES string of the molecule is COc1ccc(CNC(=O)CCc2ccc(OC)c(OC)c2)cc1C. The molecule has 0 fully saturated rings. The predicted octanol–water partition coefficient (Wildman–Crippen LogP) is 3.27. The van der Waals surface area contributed by atoms with E-state index in [1.54, 1.807) is 21.3 Å². The molecule has 2 aromatic rings. The van der Waals surface area contributed by atoms with Gasteiger partial charge in [-0.15, -0.1) is 0 Å². The van der Waals surface area contributed by atoms with Crippen molar-refractivity contribution < 1.29 is 19.0 Å². The second-order valence-electron chi connectivity index (χ2n) is 5.77. The lowest BCUT2D eigenvalue weighted by atomic mass is 10.1. The second-order valence-corrected chi connectivity index (χ2v) is 5.77. The minimum Gasteiger partial charge on any atom is -0.496 e. The largest absolute Gasteiger partial charge is 0.496 e. The highest BCUT2D eigenvalue weighted by Crippen LogP contribution is 2.28. The monoisotopic (exact) mass is 343 g/mol. The Morgan fingerprint density at radius 2 is 1.52 bits per heavy atom. The number of rotatable bonds is 8. The number of nitrogens with one attached hydrogen (secondary N) is 1. The van der Waals surface area contributed by atoms with E-state index in [9.17, 15) is 4.79 Å². The summed E-state index contributed by atoms with van der Waals surface area (Å²) in [5.41, 5.74) is 3.14. The Balaban J connectivity index is 1.85. The smallest absolute Gasteiger partial charge is 0.220 e. The van der Waals surface area contributed by atoms with Crippen LogP contribution in [0.4, 0.5) is 0 Å². The van der Waals surface area contributed by atoms with Gasteiger partial charge in [0, 0.05) is 13.0 Å². The van der Waals surface area contributed by atoms with Crippen molar-refractivity contribution in [3.05, 3.63) is 53.1 Å². The van der Waals surface area contributed by atoms with Crippen LogP contribution >= 0.6 is 0 Å². The molecule has 0 spiro atoms. The molecule has 25 heavy (non-hydrogen) atoms. The van der Waals surface area contributed by atoms with Gasteiger partial charge in [-0.1, -0.05) is 18.2 Å². The van der Waals surface area contributed by atoms with Gasteiger partial charge in [-0.3, -0.25) is 4.79 Å². The Bertz CT molecular complexity index is 728. The number of carbonyl (C=O) groups excluding carboxylic acids is 1. The molecule has 0 bridgehead atoms. The Morgan fingerprint density at radius 1 is 0.880 bits per heavy atom. The number of hydrogen-bond donors (Lipinski definition) is 1. The lowest BCUT2D eigenvalue weighted by Crippen LogP contribution is -2.23. The fraction of sp³-hybridized carbons (Fsp3) is 0.350. The first kappa shape index (κ1) is 18.6. The minimum atomic E-state index is 0.0169. The Labute approximate surface area is 148 Å². The summed E-state index contributed by atoms with van der Waals surface area (Å²) in [6.07, 6.45) is 1.07. The topological polar surface area (TPSA) is 56.8 Å². The number of benzene rings is 2. The van der Waals surface area contributed by atoms with Gasteiger partial charge in [-0.25, -0.2) is 0 Å². The zero-order valence-electron chi connectivity index (χ0n) is 15.2. The molecule has 0 saturated heterocycles. The molecule has 5 nitrogen and oxygen atoms in total. The van der Waals surface area contributed by atoms with Crippen LogP contribution in [0.5, 0.6) is 17.2 Å². The number of methoxy groups -OCH3 is 3. The standard InChI is InChI=1S/C20H25NO4/c1-14-11-16(6-8-17(14)23-2)13-21-20(22)10-7-15-5-9-18(24-3)19(12-15)25-4/h5-6,8-9,11-12H,7,10,13H2,1-4H3,(H,21,22).